The van der Waals surface area contributed by atoms with Gasteiger partial charge in [-0.1, -0.05) is 60.3 Å². The lowest BCUT2D eigenvalue weighted by Crippen LogP contribution is -2.06. The van der Waals surface area contributed by atoms with Gasteiger partial charge in [-0.3, -0.25) is 0 Å². The van der Waals surface area contributed by atoms with Gasteiger partial charge in [-0.25, -0.2) is 4.99 Å². The molecule has 0 saturated heterocycles. The van der Waals surface area contributed by atoms with E-state index in [1.807, 2.05) is 49.4 Å². The van der Waals surface area contributed by atoms with Crippen molar-refractivity contribution in [3.05, 3.63) is 60.2 Å². The molecule has 0 saturated carbocycles. The molecule has 24 heavy (non-hydrogen) atoms. The van der Waals surface area contributed by atoms with Gasteiger partial charge in [-0.2, -0.15) is 4.98 Å². The molecule has 0 radical (unpaired) electrons. The molecule has 1 aliphatic heterocycles. The summed E-state index contributed by atoms with van der Waals surface area (Å²) >= 11 is 1.53. The molecule has 0 atom stereocenters. The normalized spacial score (nSPS) is 12.5. The highest BCUT2D eigenvalue weighted by Crippen LogP contribution is 2.36. The lowest BCUT2D eigenvalue weighted by molar-refractivity contribution is 0.511. The Morgan fingerprint density at radius 2 is 1.75 bits per heavy atom. The van der Waals surface area contributed by atoms with Gasteiger partial charge in [0.25, 0.3) is 5.88 Å². The summed E-state index contributed by atoms with van der Waals surface area (Å²) in [7, 11) is 0. The number of hydrogen-bond donors (Lipinski definition) is 0. The number of fused-ring (bicyclic) bond motifs is 3. The Morgan fingerprint density at radius 1 is 0.958 bits per heavy atom. The smallest absolute Gasteiger partial charge is 0.251 e. The fourth-order valence-corrected chi connectivity index (χ4v) is 3.16. The molecule has 0 N–H and O–H groups in total. The number of aromatic nitrogens is 3. The minimum atomic E-state index is 0.451. The molecule has 0 bridgehead atoms. The van der Waals surface area contributed by atoms with Gasteiger partial charge < -0.3 is 4.74 Å². The Balaban J connectivity index is 1.65. The van der Waals surface area contributed by atoms with E-state index in [0.29, 0.717) is 22.6 Å². The van der Waals surface area contributed by atoms with Crippen LogP contribution in [0.5, 0.6) is 5.88 Å². The second kappa shape index (κ2) is 6.41. The number of para-hydroxylation sites is 1. The molecular formula is C18H14N4OS. The topological polar surface area (TPSA) is 60.3 Å². The van der Waals surface area contributed by atoms with Crippen LogP contribution in [-0.4, -0.2) is 21.1 Å². The number of thioether (sulfide) groups is 1. The zero-order valence-corrected chi connectivity index (χ0v) is 13.8. The Kier molecular flexibility index (Phi) is 3.96. The van der Waals surface area contributed by atoms with Crippen LogP contribution in [0.1, 0.15) is 12.5 Å². The van der Waals surface area contributed by atoms with Crippen LogP contribution in [0.4, 0.5) is 5.69 Å². The molecule has 118 valence electrons. The van der Waals surface area contributed by atoms with Crippen LogP contribution in [0.25, 0.3) is 11.3 Å². The first-order valence-electron chi connectivity index (χ1n) is 7.53. The summed E-state index contributed by atoms with van der Waals surface area (Å²) in [5.74, 6) is 1.78. The van der Waals surface area contributed by atoms with E-state index in [4.69, 9.17) is 4.74 Å². The second-order valence-electron chi connectivity index (χ2n) is 5.27. The highest BCUT2D eigenvalue weighted by molar-refractivity contribution is 7.98. The molecule has 0 spiro atoms. The van der Waals surface area contributed by atoms with Gasteiger partial charge in [-0.15, -0.1) is 10.2 Å². The van der Waals surface area contributed by atoms with Gasteiger partial charge in [0.05, 0.1) is 5.69 Å². The number of nitrogens with zero attached hydrogens (tertiary/aromatic N) is 4. The van der Waals surface area contributed by atoms with Crippen LogP contribution in [0.15, 0.2) is 64.7 Å². The maximum absolute atomic E-state index is 5.76. The van der Waals surface area contributed by atoms with Crippen molar-refractivity contribution in [1.82, 2.24) is 15.2 Å². The van der Waals surface area contributed by atoms with Crippen molar-refractivity contribution >= 4 is 23.3 Å². The Hall–Kier alpha value is -2.73. The second-order valence-corrected chi connectivity index (χ2v) is 6.21. The summed E-state index contributed by atoms with van der Waals surface area (Å²) in [6, 6.07) is 18.0. The molecule has 0 unspecified atom stereocenters. The predicted molar refractivity (Wildman–Crippen MR) is 94.7 cm³/mol. The molecule has 2 aromatic carbocycles. The molecule has 3 aromatic rings. The standard InChI is InChI=1S/C18H14N4OS/c1-12-19-15-10-6-5-9-14(15)16-17(23-12)20-18(22-21-16)24-11-13-7-3-2-4-8-13/h2-10H,11H2,1H3. The Morgan fingerprint density at radius 3 is 2.62 bits per heavy atom. The maximum atomic E-state index is 5.76. The summed E-state index contributed by atoms with van der Waals surface area (Å²) in [6.07, 6.45) is 0. The largest absolute Gasteiger partial charge is 0.422 e. The average Bonchev–Trinajstić information content (AvgIpc) is 2.75. The summed E-state index contributed by atoms with van der Waals surface area (Å²) in [5, 5.41) is 9.17. The van der Waals surface area contributed by atoms with Gasteiger partial charge in [0.2, 0.25) is 5.16 Å². The van der Waals surface area contributed by atoms with Crippen molar-refractivity contribution in [2.24, 2.45) is 4.99 Å². The third kappa shape index (κ3) is 3.00. The highest BCUT2D eigenvalue weighted by atomic mass is 32.2. The fourth-order valence-electron chi connectivity index (χ4n) is 2.42. The lowest BCUT2D eigenvalue weighted by atomic mass is 10.1. The quantitative estimate of drug-likeness (QED) is 0.669. The molecule has 0 aliphatic carbocycles. The van der Waals surface area contributed by atoms with E-state index in [9.17, 15) is 0 Å². The van der Waals surface area contributed by atoms with Crippen molar-refractivity contribution in [3.8, 4) is 17.1 Å². The van der Waals surface area contributed by atoms with Crippen LogP contribution in [0, 0.1) is 0 Å². The number of ether oxygens (including phenoxy) is 1. The van der Waals surface area contributed by atoms with Crippen LogP contribution in [-0.2, 0) is 5.75 Å². The maximum Gasteiger partial charge on any atom is 0.251 e. The van der Waals surface area contributed by atoms with Gasteiger partial charge in [0.15, 0.2) is 11.6 Å². The summed E-state index contributed by atoms with van der Waals surface area (Å²) in [4.78, 5) is 8.98. The molecule has 6 heteroatoms. The van der Waals surface area contributed by atoms with Crippen molar-refractivity contribution in [2.75, 3.05) is 0 Å². The summed E-state index contributed by atoms with van der Waals surface area (Å²) < 4.78 is 5.76. The summed E-state index contributed by atoms with van der Waals surface area (Å²) in [5.41, 5.74) is 3.53. The minimum absolute atomic E-state index is 0.451. The van der Waals surface area contributed by atoms with E-state index in [1.54, 1.807) is 0 Å². The van der Waals surface area contributed by atoms with Crippen molar-refractivity contribution < 1.29 is 4.74 Å². The number of rotatable bonds is 3. The van der Waals surface area contributed by atoms with E-state index >= 15 is 0 Å². The lowest BCUT2D eigenvalue weighted by Gasteiger charge is -2.07. The first-order valence-corrected chi connectivity index (χ1v) is 8.52. The van der Waals surface area contributed by atoms with Crippen molar-refractivity contribution in [1.29, 1.82) is 0 Å². The number of aliphatic imine (C=N–C) groups is 1. The molecule has 2 heterocycles. The van der Waals surface area contributed by atoms with Crippen LogP contribution in [0.2, 0.25) is 0 Å². The van der Waals surface area contributed by atoms with Crippen LogP contribution >= 0.6 is 11.8 Å². The predicted octanol–water partition coefficient (Wildman–Crippen LogP) is 4.27. The van der Waals surface area contributed by atoms with Crippen LogP contribution in [0.3, 0.4) is 0 Å². The van der Waals surface area contributed by atoms with Gasteiger partial charge in [-0.05, 0) is 11.6 Å². The van der Waals surface area contributed by atoms with E-state index in [-0.39, 0.29) is 0 Å². The van der Waals surface area contributed by atoms with Crippen molar-refractivity contribution in [3.63, 3.8) is 0 Å². The Labute approximate surface area is 143 Å². The third-order valence-corrected chi connectivity index (χ3v) is 4.44. The van der Waals surface area contributed by atoms with E-state index in [0.717, 1.165) is 17.0 Å². The average molecular weight is 334 g/mol. The summed E-state index contributed by atoms with van der Waals surface area (Å²) in [6.45, 7) is 1.81. The monoisotopic (exact) mass is 334 g/mol. The van der Waals surface area contributed by atoms with E-state index < -0.39 is 0 Å². The molecule has 5 nitrogen and oxygen atoms in total. The minimum Gasteiger partial charge on any atom is -0.422 e. The van der Waals surface area contributed by atoms with Gasteiger partial charge in [0, 0.05) is 18.2 Å². The molecule has 4 rings (SSSR count). The SMILES string of the molecule is CC1=Nc2ccccc2-c2nnc(SCc3ccccc3)nc2O1. The molecule has 1 aromatic heterocycles. The molecule has 0 fully saturated rings. The van der Waals surface area contributed by atoms with Gasteiger partial charge >= 0.3 is 0 Å². The first kappa shape index (κ1) is 14.8. The number of benzene rings is 2. The highest BCUT2D eigenvalue weighted by Gasteiger charge is 2.20. The van der Waals surface area contributed by atoms with E-state index in [1.165, 1.54) is 17.3 Å². The fraction of sp³-hybridized carbons (Fsp3) is 0.111. The van der Waals surface area contributed by atoms with Crippen molar-refractivity contribution in [2.45, 2.75) is 17.8 Å². The zero-order chi connectivity index (χ0) is 16.4. The molecule has 0 amide bonds. The van der Waals surface area contributed by atoms with Gasteiger partial charge in [0.1, 0.15) is 0 Å². The Bertz CT molecular complexity index is 912. The molecular weight excluding hydrogens is 320 g/mol. The zero-order valence-electron chi connectivity index (χ0n) is 13.0. The molecule has 1 aliphatic rings. The van der Waals surface area contributed by atoms with Crippen LogP contribution < -0.4 is 4.74 Å². The third-order valence-electron chi connectivity index (χ3n) is 3.53. The van der Waals surface area contributed by atoms with E-state index in [2.05, 4.69) is 32.3 Å². The first-order chi connectivity index (χ1) is 11.8. The number of hydrogen-bond acceptors (Lipinski definition) is 6.